The number of carboxylic acid groups (broad SMARTS) is 1. The van der Waals surface area contributed by atoms with Crippen LogP contribution in [-0.4, -0.2) is 41.2 Å². The third-order valence-corrected chi connectivity index (χ3v) is 3.23. The summed E-state index contributed by atoms with van der Waals surface area (Å²) in [4.78, 5) is 26.3. The lowest BCUT2D eigenvalue weighted by molar-refractivity contribution is -0.149. The fraction of sp³-hybridized carbons (Fsp3) is 0.500. The average molecular weight is 256 g/mol. The second-order valence-corrected chi connectivity index (χ2v) is 4.48. The molecule has 92 valence electrons. The van der Waals surface area contributed by atoms with Crippen LogP contribution < -0.4 is 5.32 Å². The fourth-order valence-corrected chi connectivity index (χ4v) is 2.29. The van der Waals surface area contributed by atoms with Crippen molar-refractivity contribution in [3.63, 3.8) is 0 Å². The summed E-state index contributed by atoms with van der Waals surface area (Å²) in [5.74, 6) is -1.42. The van der Waals surface area contributed by atoms with Crippen LogP contribution in [0.25, 0.3) is 0 Å². The molecule has 1 aliphatic heterocycles. The van der Waals surface area contributed by atoms with Gasteiger partial charge in [0.05, 0.1) is 5.51 Å². The highest BCUT2D eigenvalue weighted by Gasteiger charge is 2.34. The Morgan fingerprint density at radius 2 is 2.47 bits per heavy atom. The molecule has 1 amide bonds. The van der Waals surface area contributed by atoms with E-state index in [0.717, 1.165) is 0 Å². The second kappa shape index (κ2) is 5.24. The van der Waals surface area contributed by atoms with Gasteiger partial charge in [-0.05, 0) is 6.42 Å². The number of carboxylic acids is 1. The van der Waals surface area contributed by atoms with Crippen molar-refractivity contribution in [3.05, 3.63) is 16.6 Å². The van der Waals surface area contributed by atoms with Crippen LogP contribution >= 0.6 is 11.3 Å². The zero-order valence-corrected chi connectivity index (χ0v) is 9.77. The van der Waals surface area contributed by atoms with Gasteiger partial charge in [0.25, 0.3) is 5.91 Å². The van der Waals surface area contributed by atoms with Gasteiger partial charge in [0.1, 0.15) is 5.69 Å². The molecule has 1 aromatic rings. The molecular formula is C10H12N2O4S. The number of nitrogens with one attached hydrogen (secondary N) is 1. The first-order chi connectivity index (χ1) is 8.18. The van der Waals surface area contributed by atoms with E-state index >= 15 is 0 Å². The van der Waals surface area contributed by atoms with Crippen LogP contribution in [-0.2, 0) is 9.53 Å². The van der Waals surface area contributed by atoms with Crippen LogP contribution in [0.2, 0.25) is 0 Å². The van der Waals surface area contributed by atoms with Gasteiger partial charge < -0.3 is 15.2 Å². The topological polar surface area (TPSA) is 88.5 Å². The molecule has 0 saturated carbocycles. The molecule has 1 saturated heterocycles. The van der Waals surface area contributed by atoms with Crippen LogP contribution in [0.15, 0.2) is 10.9 Å². The normalized spacial score (nSPS) is 23.5. The Labute approximate surface area is 102 Å². The third-order valence-electron chi connectivity index (χ3n) is 2.65. The molecule has 0 unspecified atom stereocenters. The van der Waals surface area contributed by atoms with Crippen LogP contribution in [0.4, 0.5) is 0 Å². The van der Waals surface area contributed by atoms with Crippen LogP contribution in [0.3, 0.4) is 0 Å². The van der Waals surface area contributed by atoms with Gasteiger partial charge in [-0.2, -0.15) is 0 Å². The second-order valence-electron chi connectivity index (χ2n) is 3.76. The van der Waals surface area contributed by atoms with Crippen LogP contribution in [0.5, 0.6) is 0 Å². The summed E-state index contributed by atoms with van der Waals surface area (Å²) in [7, 11) is 0. The number of ether oxygens (including phenoxy) is 1. The Morgan fingerprint density at radius 1 is 1.65 bits per heavy atom. The van der Waals surface area contributed by atoms with Crippen molar-refractivity contribution >= 4 is 23.2 Å². The molecule has 0 aliphatic carbocycles. The Kier molecular flexibility index (Phi) is 3.70. The standard InChI is InChI=1S/C10H12N2O4S/c13-9(7-4-17-5-12-7)11-3-6-1-2-16-8(6)10(14)15/h4-6,8H,1-3H2,(H,11,13)(H,14,15)/t6-,8-/m1/s1. The minimum absolute atomic E-state index is 0.171. The third kappa shape index (κ3) is 2.80. The van der Waals surface area contributed by atoms with E-state index in [2.05, 4.69) is 10.3 Å². The number of hydrogen-bond acceptors (Lipinski definition) is 5. The molecule has 1 aliphatic rings. The Morgan fingerprint density at radius 3 is 3.12 bits per heavy atom. The van der Waals surface area contributed by atoms with Gasteiger partial charge in [-0.1, -0.05) is 0 Å². The van der Waals surface area contributed by atoms with Gasteiger partial charge in [-0.3, -0.25) is 4.79 Å². The summed E-state index contributed by atoms with van der Waals surface area (Å²) in [6.07, 6.45) is -0.167. The molecule has 2 heterocycles. The van der Waals surface area contributed by atoms with E-state index in [1.165, 1.54) is 11.3 Å². The molecule has 0 spiro atoms. The number of carbonyl (C=O) groups is 2. The molecule has 0 radical (unpaired) electrons. The zero-order chi connectivity index (χ0) is 12.3. The van der Waals surface area contributed by atoms with E-state index in [1.54, 1.807) is 10.9 Å². The lowest BCUT2D eigenvalue weighted by Crippen LogP contribution is -2.36. The van der Waals surface area contributed by atoms with E-state index < -0.39 is 12.1 Å². The monoisotopic (exact) mass is 256 g/mol. The summed E-state index contributed by atoms with van der Waals surface area (Å²) in [5.41, 5.74) is 1.94. The van der Waals surface area contributed by atoms with E-state index in [9.17, 15) is 9.59 Å². The molecule has 2 atom stereocenters. The molecule has 2 N–H and O–H groups in total. The van der Waals surface area contributed by atoms with Gasteiger partial charge in [0.2, 0.25) is 0 Å². The number of hydrogen-bond donors (Lipinski definition) is 2. The maximum Gasteiger partial charge on any atom is 0.333 e. The highest BCUT2D eigenvalue weighted by atomic mass is 32.1. The largest absolute Gasteiger partial charge is 0.479 e. The average Bonchev–Trinajstić information content (AvgIpc) is 2.96. The summed E-state index contributed by atoms with van der Waals surface area (Å²) in [5, 5.41) is 13.2. The molecule has 2 rings (SSSR count). The summed E-state index contributed by atoms with van der Waals surface area (Å²) < 4.78 is 5.09. The van der Waals surface area contributed by atoms with Gasteiger partial charge in [-0.25, -0.2) is 9.78 Å². The number of amides is 1. The maximum atomic E-state index is 11.6. The Balaban J connectivity index is 1.86. The lowest BCUT2D eigenvalue weighted by Gasteiger charge is -2.14. The van der Waals surface area contributed by atoms with Crippen molar-refractivity contribution in [1.82, 2.24) is 10.3 Å². The van der Waals surface area contributed by atoms with Crippen molar-refractivity contribution < 1.29 is 19.4 Å². The molecule has 1 fully saturated rings. The van der Waals surface area contributed by atoms with Crippen LogP contribution in [0.1, 0.15) is 16.9 Å². The Bertz CT molecular complexity index is 406. The van der Waals surface area contributed by atoms with Crippen LogP contribution in [0, 0.1) is 5.92 Å². The van der Waals surface area contributed by atoms with Gasteiger partial charge >= 0.3 is 5.97 Å². The molecule has 17 heavy (non-hydrogen) atoms. The molecule has 0 bridgehead atoms. The highest BCUT2D eigenvalue weighted by molar-refractivity contribution is 7.07. The summed E-state index contributed by atoms with van der Waals surface area (Å²) >= 11 is 1.34. The number of aliphatic carboxylic acids is 1. The van der Waals surface area contributed by atoms with Crippen molar-refractivity contribution in [1.29, 1.82) is 0 Å². The minimum atomic E-state index is -0.976. The van der Waals surface area contributed by atoms with Crippen molar-refractivity contribution in [2.75, 3.05) is 13.2 Å². The van der Waals surface area contributed by atoms with E-state index in [0.29, 0.717) is 25.3 Å². The summed E-state index contributed by atoms with van der Waals surface area (Å²) in [6, 6.07) is 0. The first-order valence-corrected chi connectivity index (χ1v) is 6.13. The van der Waals surface area contributed by atoms with Crippen molar-refractivity contribution in [2.45, 2.75) is 12.5 Å². The number of carbonyl (C=O) groups excluding carboxylic acids is 1. The predicted molar refractivity (Wildman–Crippen MR) is 59.9 cm³/mol. The smallest absolute Gasteiger partial charge is 0.333 e. The van der Waals surface area contributed by atoms with Crippen molar-refractivity contribution in [2.24, 2.45) is 5.92 Å². The van der Waals surface area contributed by atoms with Gasteiger partial charge in [-0.15, -0.1) is 11.3 Å². The minimum Gasteiger partial charge on any atom is -0.479 e. The quantitative estimate of drug-likeness (QED) is 0.812. The molecular weight excluding hydrogens is 244 g/mol. The fourth-order valence-electron chi connectivity index (χ4n) is 1.75. The van der Waals surface area contributed by atoms with Crippen molar-refractivity contribution in [3.8, 4) is 0 Å². The molecule has 7 heteroatoms. The highest BCUT2D eigenvalue weighted by Crippen LogP contribution is 2.20. The molecule has 6 nitrogen and oxygen atoms in total. The van der Waals surface area contributed by atoms with E-state index in [-0.39, 0.29) is 11.8 Å². The van der Waals surface area contributed by atoms with E-state index in [4.69, 9.17) is 9.84 Å². The maximum absolute atomic E-state index is 11.6. The number of thiazole rings is 1. The lowest BCUT2D eigenvalue weighted by atomic mass is 10.0. The molecule has 1 aromatic heterocycles. The first kappa shape index (κ1) is 12.0. The van der Waals surface area contributed by atoms with Gasteiger partial charge in [0.15, 0.2) is 6.10 Å². The van der Waals surface area contributed by atoms with E-state index in [1.807, 2.05) is 0 Å². The predicted octanol–water partition coefficient (Wildman–Crippen LogP) is 0.363. The number of rotatable bonds is 4. The SMILES string of the molecule is O=C(NC[C@H]1CCO[C@H]1C(=O)O)c1cscn1. The number of aromatic nitrogens is 1. The van der Waals surface area contributed by atoms with Gasteiger partial charge in [0, 0.05) is 24.4 Å². The molecule has 0 aromatic carbocycles. The Hall–Kier alpha value is -1.47. The first-order valence-electron chi connectivity index (χ1n) is 5.19. The number of nitrogens with zero attached hydrogens (tertiary/aromatic N) is 1. The zero-order valence-electron chi connectivity index (χ0n) is 8.96. The summed E-state index contributed by atoms with van der Waals surface area (Å²) in [6.45, 7) is 0.724.